The molecular formula is C30H47N5O6. The van der Waals surface area contributed by atoms with E-state index in [0.29, 0.717) is 37.6 Å². The Hall–Kier alpha value is -2.69. The summed E-state index contributed by atoms with van der Waals surface area (Å²) in [6.45, 7) is -0.0939. The van der Waals surface area contributed by atoms with E-state index in [1.807, 2.05) is 0 Å². The highest BCUT2D eigenvalue weighted by molar-refractivity contribution is 5.89. The number of nitrogens with zero attached hydrogens (tertiary/aromatic N) is 2. The molecule has 2 saturated heterocycles. The number of nitrogens with one attached hydrogen (secondary N) is 3. The lowest BCUT2D eigenvalue weighted by atomic mass is 9.79. The fourth-order valence-electron chi connectivity index (χ4n) is 8.09. The number of amides is 4. The molecule has 5 fully saturated rings. The van der Waals surface area contributed by atoms with Gasteiger partial charge in [0.15, 0.2) is 0 Å². The van der Waals surface area contributed by atoms with Crippen molar-refractivity contribution < 1.29 is 29.1 Å². The normalized spacial score (nSPS) is 35.7. The zero-order chi connectivity index (χ0) is 29.1. The predicted octanol–water partition coefficient (Wildman–Crippen LogP) is 1.40. The van der Waals surface area contributed by atoms with Crippen LogP contribution in [0, 0.1) is 17.8 Å². The minimum absolute atomic E-state index is 0.00747. The predicted molar refractivity (Wildman–Crippen MR) is 150 cm³/mol. The van der Waals surface area contributed by atoms with Crippen LogP contribution in [0.2, 0.25) is 0 Å². The molecule has 41 heavy (non-hydrogen) atoms. The van der Waals surface area contributed by atoms with E-state index in [1.54, 1.807) is 11.9 Å². The van der Waals surface area contributed by atoms with Crippen LogP contribution in [-0.2, 0) is 24.0 Å². The molecule has 3 aliphatic carbocycles. The summed E-state index contributed by atoms with van der Waals surface area (Å²) in [5.74, 6) is -0.775. The lowest BCUT2D eigenvalue weighted by Crippen LogP contribution is -2.51. The zero-order valence-electron chi connectivity index (χ0n) is 24.3. The van der Waals surface area contributed by atoms with Gasteiger partial charge in [0.1, 0.15) is 0 Å². The second-order valence-corrected chi connectivity index (χ2v) is 13.2. The molecule has 5 rings (SSSR count). The number of likely N-dealkylation sites (N-methyl/N-ethyl adjacent to an activating group) is 1. The summed E-state index contributed by atoms with van der Waals surface area (Å²) in [5, 5.41) is 19.0. The molecule has 11 nitrogen and oxygen atoms in total. The van der Waals surface area contributed by atoms with Crippen molar-refractivity contribution in [1.29, 1.82) is 0 Å². The smallest absolute Gasteiger partial charge is 0.305 e. The molecule has 0 aromatic rings. The Morgan fingerprint density at radius 1 is 0.927 bits per heavy atom. The minimum atomic E-state index is -1.01. The van der Waals surface area contributed by atoms with Crippen molar-refractivity contribution in [1.82, 2.24) is 25.8 Å². The lowest BCUT2D eigenvalue weighted by molar-refractivity contribution is -0.141. The average molecular weight is 574 g/mol. The van der Waals surface area contributed by atoms with E-state index in [9.17, 15) is 24.0 Å². The molecule has 11 heteroatoms. The molecule has 0 spiro atoms. The van der Waals surface area contributed by atoms with Gasteiger partial charge in [-0.15, -0.1) is 0 Å². The first kappa shape index (κ1) is 29.8. The van der Waals surface area contributed by atoms with Gasteiger partial charge in [-0.25, -0.2) is 0 Å². The van der Waals surface area contributed by atoms with Gasteiger partial charge in [0.05, 0.1) is 24.9 Å². The Kier molecular flexibility index (Phi) is 9.51. The molecule has 6 unspecified atom stereocenters. The fourth-order valence-corrected chi connectivity index (χ4v) is 8.09. The van der Waals surface area contributed by atoms with Crippen molar-refractivity contribution in [3.05, 3.63) is 0 Å². The second kappa shape index (κ2) is 13.1. The summed E-state index contributed by atoms with van der Waals surface area (Å²) in [7, 11) is 1.71. The molecule has 0 aromatic carbocycles. The summed E-state index contributed by atoms with van der Waals surface area (Å²) < 4.78 is 0. The molecule has 2 heterocycles. The van der Waals surface area contributed by atoms with Crippen LogP contribution in [0.4, 0.5) is 0 Å². The van der Waals surface area contributed by atoms with Crippen molar-refractivity contribution >= 4 is 29.6 Å². The number of aliphatic carboxylic acids is 1. The SMILES string of the molecule is CN1C(=O)CN(CCC(=O)O)C(=O)C2CC(NC(=O)CC3CCC(NC(=O)C4CC5CCCCC5N4)CC3)CCC21. The maximum absolute atomic E-state index is 13.3. The second-order valence-electron chi connectivity index (χ2n) is 13.2. The number of carbonyl (C=O) groups excluding carboxylic acids is 4. The van der Waals surface area contributed by atoms with Gasteiger partial charge in [-0.3, -0.25) is 24.0 Å². The quantitative estimate of drug-likeness (QED) is 0.343. The molecule has 0 bridgehead atoms. The van der Waals surface area contributed by atoms with Crippen LogP contribution in [0.5, 0.6) is 0 Å². The summed E-state index contributed by atoms with van der Waals surface area (Å²) >= 11 is 0. The molecule has 228 valence electrons. The van der Waals surface area contributed by atoms with Crippen molar-refractivity contribution in [3.63, 3.8) is 0 Å². The molecule has 2 aliphatic heterocycles. The number of carboxylic acids is 1. The summed E-state index contributed by atoms with van der Waals surface area (Å²) in [6, 6.07) is 0.236. The van der Waals surface area contributed by atoms with E-state index >= 15 is 0 Å². The molecule has 0 aromatic heterocycles. The third-order valence-electron chi connectivity index (χ3n) is 10.5. The van der Waals surface area contributed by atoms with Crippen LogP contribution < -0.4 is 16.0 Å². The van der Waals surface area contributed by atoms with Gasteiger partial charge in [0.25, 0.3) is 0 Å². The molecule has 4 amide bonds. The van der Waals surface area contributed by atoms with Gasteiger partial charge in [0.2, 0.25) is 23.6 Å². The Morgan fingerprint density at radius 3 is 2.39 bits per heavy atom. The molecule has 3 saturated carbocycles. The maximum atomic E-state index is 13.3. The molecular weight excluding hydrogens is 526 g/mol. The van der Waals surface area contributed by atoms with Crippen LogP contribution in [-0.4, -0.2) is 94.9 Å². The van der Waals surface area contributed by atoms with E-state index in [2.05, 4.69) is 16.0 Å². The molecule has 0 radical (unpaired) electrons. The van der Waals surface area contributed by atoms with Crippen molar-refractivity contribution in [2.45, 2.75) is 120 Å². The van der Waals surface area contributed by atoms with Crippen molar-refractivity contribution in [2.24, 2.45) is 17.8 Å². The zero-order valence-corrected chi connectivity index (χ0v) is 24.3. The number of rotatable bonds is 8. The van der Waals surface area contributed by atoms with Crippen LogP contribution in [0.3, 0.4) is 0 Å². The van der Waals surface area contributed by atoms with Gasteiger partial charge in [-0.2, -0.15) is 0 Å². The van der Waals surface area contributed by atoms with Crippen LogP contribution >= 0.6 is 0 Å². The van der Waals surface area contributed by atoms with E-state index < -0.39 is 11.9 Å². The number of hydrogen-bond acceptors (Lipinski definition) is 6. The van der Waals surface area contributed by atoms with Gasteiger partial charge in [-0.1, -0.05) is 12.8 Å². The summed E-state index contributed by atoms with van der Waals surface area (Å²) in [5.41, 5.74) is 0. The van der Waals surface area contributed by atoms with E-state index in [-0.39, 0.29) is 73.2 Å². The highest BCUT2D eigenvalue weighted by Gasteiger charge is 2.44. The standard InChI is InChI=1S/C30H47N5O6/c1-34-25-11-10-21(16-22(25)30(41)35(17-27(34)37)13-12-28(38)39)31-26(36)14-18-6-8-20(9-7-18)32-29(40)24-15-19-4-2-3-5-23(19)33-24/h18-25,33H,2-17H2,1H3,(H,31,36)(H,32,40)(H,38,39). The Bertz CT molecular complexity index is 999. The first-order valence-electron chi connectivity index (χ1n) is 15.8. The Morgan fingerprint density at radius 2 is 1.66 bits per heavy atom. The van der Waals surface area contributed by atoms with E-state index in [1.165, 1.54) is 30.6 Å². The van der Waals surface area contributed by atoms with E-state index in [4.69, 9.17) is 5.11 Å². The molecule has 4 N–H and O–H groups in total. The van der Waals surface area contributed by atoms with Gasteiger partial charge in [-0.05, 0) is 76.0 Å². The Labute approximate surface area is 242 Å². The topological polar surface area (TPSA) is 148 Å². The van der Waals surface area contributed by atoms with E-state index in [0.717, 1.165) is 32.1 Å². The van der Waals surface area contributed by atoms with Crippen molar-refractivity contribution in [3.8, 4) is 0 Å². The largest absolute Gasteiger partial charge is 0.481 e. The number of hydrogen-bond donors (Lipinski definition) is 4. The third-order valence-corrected chi connectivity index (χ3v) is 10.5. The maximum Gasteiger partial charge on any atom is 0.305 e. The van der Waals surface area contributed by atoms with Gasteiger partial charge in [0, 0.05) is 44.2 Å². The minimum Gasteiger partial charge on any atom is -0.481 e. The highest BCUT2D eigenvalue weighted by atomic mass is 16.4. The molecule has 5 aliphatic rings. The first-order chi connectivity index (χ1) is 19.7. The highest BCUT2D eigenvalue weighted by Crippen LogP contribution is 2.35. The third kappa shape index (κ3) is 7.21. The van der Waals surface area contributed by atoms with Crippen molar-refractivity contribution in [2.75, 3.05) is 20.1 Å². The molecule has 6 atom stereocenters. The Balaban J connectivity index is 1.05. The van der Waals surface area contributed by atoms with Crippen LogP contribution in [0.1, 0.15) is 89.9 Å². The first-order valence-corrected chi connectivity index (χ1v) is 15.8. The average Bonchev–Trinajstić information content (AvgIpc) is 3.37. The number of fused-ring (bicyclic) bond motifs is 2. The number of carboxylic acid groups (broad SMARTS) is 1. The lowest BCUT2D eigenvalue weighted by Gasteiger charge is -2.39. The van der Waals surface area contributed by atoms with Crippen LogP contribution in [0.15, 0.2) is 0 Å². The van der Waals surface area contributed by atoms with Crippen LogP contribution in [0.25, 0.3) is 0 Å². The van der Waals surface area contributed by atoms with Gasteiger partial charge < -0.3 is 30.9 Å². The summed E-state index contributed by atoms with van der Waals surface area (Å²) in [4.78, 5) is 65.9. The summed E-state index contributed by atoms with van der Waals surface area (Å²) in [6.07, 6.45) is 11.5. The number of carbonyl (C=O) groups is 5. The fraction of sp³-hybridized carbons (Fsp3) is 0.833. The monoisotopic (exact) mass is 573 g/mol. The van der Waals surface area contributed by atoms with Gasteiger partial charge >= 0.3 is 5.97 Å².